The highest BCUT2D eigenvalue weighted by molar-refractivity contribution is 6.50. The lowest BCUT2D eigenvalue weighted by atomic mass is 9.85. The number of fused-ring (bicyclic) bond motifs is 1. The molecule has 8 heteroatoms. The van der Waals surface area contributed by atoms with Gasteiger partial charge in [-0.15, -0.1) is 0 Å². The van der Waals surface area contributed by atoms with Crippen LogP contribution in [0.5, 0.6) is 0 Å². The third-order valence-electron chi connectivity index (χ3n) is 3.51. The summed E-state index contributed by atoms with van der Waals surface area (Å²) in [4.78, 5) is 17.5. The minimum Gasteiger partial charge on any atom is -0.432 e. The Morgan fingerprint density at radius 2 is 1.95 bits per heavy atom. The summed E-state index contributed by atoms with van der Waals surface area (Å²) < 4.78 is 27.7. The van der Waals surface area contributed by atoms with Crippen molar-refractivity contribution in [2.45, 2.75) is 13.4 Å². The van der Waals surface area contributed by atoms with Crippen LogP contribution in [0.2, 0.25) is 11.8 Å². The highest BCUT2D eigenvalue weighted by Crippen LogP contribution is 2.33. The van der Waals surface area contributed by atoms with Gasteiger partial charge in [0.1, 0.15) is 11.6 Å². The van der Waals surface area contributed by atoms with Gasteiger partial charge in [-0.05, 0) is 25.0 Å². The maximum atomic E-state index is 13.9. The maximum absolute atomic E-state index is 13.9. The number of pyridine rings is 1. The zero-order chi connectivity index (χ0) is 16.0. The van der Waals surface area contributed by atoms with E-state index in [4.69, 9.17) is 11.6 Å². The van der Waals surface area contributed by atoms with E-state index < -0.39 is 24.6 Å². The molecule has 3 rings (SSSR count). The van der Waals surface area contributed by atoms with Crippen LogP contribution in [0.15, 0.2) is 24.3 Å². The van der Waals surface area contributed by atoms with Gasteiger partial charge in [-0.3, -0.25) is 4.79 Å². The number of hydrogen-bond donors (Lipinski definition) is 1. The molecule has 1 aromatic carbocycles. The molecule has 0 saturated carbocycles. The SMILES string of the molecule is CB(O)N1Cc2nc(-c3c(F)cccc3F)cc(Cl)c2C1=O. The first-order chi connectivity index (χ1) is 10.4. The summed E-state index contributed by atoms with van der Waals surface area (Å²) >= 11 is 6.08. The van der Waals surface area contributed by atoms with Crippen LogP contribution in [0, 0.1) is 11.6 Å². The highest BCUT2D eigenvalue weighted by atomic mass is 35.5. The van der Waals surface area contributed by atoms with E-state index in [0.717, 1.165) is 12.1 Å². The van der Waals surface area contributed by atoms with Crippen LogP contribution in [0.25, 0.3) is 11.3 Å². The van der Waals surface area contributed by atoms with Crippen molar-refractivity contribution in [3.63, 3.8) is 0 Å². The Bertz CT molecular complexity index is 765. The number of benzene rings is 1. The zero-order valence-electron chi connectivity index (χ0n) is 11.5. The van der Waals surface area contributed by atoms with Crippen LogP contribution in [-0.2, 0) is 6.54 Å². The fourth-order valence-electron chi connectivity index (χ4n) is 2.45. The van der Waals surface area contributed by atoms with E-state index in [-0.39, 0.29) is 34.1 Å². The molecule has 2 aromatic rings. The summed E-state index contributed by atoms with van der Waals surface area (Å²) in [6.45, 7) is 1.48. The van der Waals surface area contributed by atoms with Crippen molar-refractivity contribution in [3.8, 4) is 11.3 Å². The quantitative estimate of drug-likeness (QED) is 0.865. The number of amides is 1. The van der Waals surface area contributed by atoms with Crippen LogP contribution in [0.3, 0.4) is 0 Å². The van der Waals surface area contributed by atoms with Crippen molar-refractivity contribution in [1.82, 2.24) is 9.79 Å². The molecule has 0 aliphatic carbocycles. The minimum atomic E-state index is -1.01. The average Bonchev–Trinajstić information content (AvgIpc) is 2.76. The standard InChI is InChI=1S/C14H10BClF2N2O2/c1-15(22)20-6-11-12(14(20)21)7(16)5-10(19-11)13-8(17)3-2-4-9(13)18/h2-5,22H,6H2,1H3. The number of carbonyl (C=O) groups excluding carboxylic acids is 1. The molecule has 0 spiro atoms. The molecule has 0 unspecified atom stereocenters. The van der Waals surface area contributed by atoms with Gasteiger partial charge in [0, 0.05) is 0 Å². The monoisotopic (exact) mass is 322 g/mol. The second kappa shape index (κ2) is 5.33. The van der Waals surface area contributed by atoms with E-state index in [0.29, 0.717) is 0 Å². The summed E-state index contributed by atoms with van der Waals surface area (Å²) in [6.07, 6.45) is 0. The summed E-state index contributed by atoms with van der Waals surface area (Å²) in [5.41, 5.74) is 0.161. The number of carbonyl (C=O) groups is 1. The Labute approximate surface area is 130 Å². The minimum absolute atomic E-state index is 0.0135. The largest absolute Gasteiger partial charge is 0.432 e. The van der Waals surface area contributed by atoms with Gasteiger partial charge in [0.25, 0.3) is 0 Å². The molecule has 1 aliphatic heterocycles. The number of rotatable bonds is 2. The van der Waals surface area contributed by atoms with Gasteiger partial charge in [0.2, 0.25) is 5.91 Å². The predicted octanol–water partition coefficient (Wildman–Crippen LogP) is 2.75. The highest BCUT2D eigenvalue weighted by Gasteiger charge is 2.35. The number of aromatic nitrogens is 1. The summed E-state index contributed by atoms with van der Waals surface area (Å²) in [7, 11) is -1.01. The Hall–Kier alpha value is -1.99. The summed E-state index contributed by atoms with van der Waals surface area (Å²) in [5, 5.41) is 9.63. The van der Waals surface area contributed by atoms with E-state index in [1.165, 1.54) is 23.8 Å². The first kappa shape index (κ1) is 14.9. The van der Waals surface area contributed by atoms with Gasteiger partial charge in [-0.2, -0.15) is 0 Å². The Balaban J connectivity index is 2.15. The molecule has 0 fully saturated rings. The molecular formula is C14H10BClF2N2O2. The molecule has 112 valence electrons. The molecule has 4 nitrogen and oxygen atoms in total. The number of nitrogens with zero attached hydrogens (tertiary/aromatic N) is 2. The average molecular weight is 323 g/mol. The smallest absolute Gasteiger partial charge is 0.412 e. The Kier molecular flexibility index (Phi) is 3.62. The van der Waals surface area contributed by atoms with Crippen LogP contribution in [-0.4, -0.2) is 27.8 Å². The maximum Gasteiger partial charge on any atom is 0.412 e. The van der Waals surface area contributed by atoms with Crippen LogP contribution >= 0.6 is 11.6 Å². The molecule has 1 amide bonds. The second-order valence-corrected chi connectivity index (χ2v) is 5.38. The molecule has 1 aliphatic rings. The fourth-order valence-corrected chi connectivity index (χ4v) is 2.75. The Morgan fingerprint density at radius 1 is 1.32 bits per heavy atom. The van der Waals surface area contributed by atoms with Crippen molar-refractivity contribution >= 4 is 24.6 Å². The fraction of sp³-hybridized carbons (Fsp3) is 0.143. The third-order valence-corrected chi connectivity index (χ3v) is 3.81. The number of hydrogen-bond acceptors (Lipinski definition) is 3. The van der Waals surface area contributed by atoms with Gasteiger partial charge in [-0.25, -0.2) is 13.8 Å². The third kappa shape index (κ3) is 2.26. The van der Waals surface area contributed by atoms with E-state index in [1.54, 1.807) is 0 Å². The van der Waals surface area contributed by atoms with E-state index in [9.17, 15) is 18.6 Å². The van der Waals surface area contributed by atoms with Gasteiger partial charge >= 0.3 is 7.05 Å². The Morgan fingerprint density at radius 3 is 2.55 bits per heavy atom. The van der Waals surface area contributed by atoms with Crippen LogP contribution in [0.1, 0.15) is 16.1 Å². The molecule has 2 heterocycles. The van der Waals surface area contributed by atoms with Crippen molar-refractivity contribution in [2.75, 3.05) is 0 Å². The molecule has 0 radical (unpaired) electrons. The van der Waals surface area contributed by atoms with Gasteiger partial charge in [0.05, 0.1) is 34.1 Å². The van der Waals surface area contributed by atoms with E-state index >= 15 is 0 Å². The second-order valence-electron chi connectivity index (χ2n) is 4.97. The zero-order valence-corrected chi connectivity index (χ0v) is 12.2. The molecule has 0 atom stereocenters. The lowest BCUT2D eigenvalue weighted by Crippen LogP contribution is -2.37. The van der Waals surface area contributed by atoms with Crippen molar-refractivity contribution < 1.29 is 18.6 Å². The molecule has 1 N–H and O–H groups in total. The topological polar surface area (TPSA) is 53.4 Å². The van der Waals surface area contributed by atoms with Crippen molar-refractivity contribution in [2.24, 2.45) is 0 Å². The number of halogens is 3. The lowest BCUT2D eigenvalue weighted by Gasteiger charge is -2.14. The van der Waals surface area contributed by atoms with Crippen molar-refractivity contribution in [3.05, 3.63) is 52.2 Å². The molecule has 1 aromatic heterocycles. The molecule has 0 saturated heterocycles. The lowest BCUT2D eigenvalue weighted by molar-refractivity contribution is 0.0860. The van der Waals surface area contributed by atoms with Crippen molar-refractivity contribution in [1.29, 1.82) is 0 Å². The molecule has 22 heavy (non-hydrogen) atoms. The van der Waals surface area contributed by atoms with Gasteiger partial charge < -0.3 is 9.83 Å². The van der Waals surface area contributed by atoms with E-state index in [2.05, 4.69) is 4.98 Å². The van der Waals surface area contributed by atoms with Gasteiger partial charge in [0.15, 0.2) is 0 Å². The van der Waals surface area contributed by atoms with E-state index in [1.807, 2.05) is 0 Å². The first-order valence-electron chi connectivity index (χ1n) is 6.53. The first-order valence-corrected chi connectivity index (χ1v) is 6.90. The predicted molar refractivity (Wildman–Crippen MR) is 78.3 cm³/mol. The molecular weight excluding hydrogens is 312 g/mol. The van der Waals surface area contributed by atoms with Crippen LogP contribution < -0.4 is 0 Å². The van der Waals surface area contributed by atoms with Crippen LogP contribution in [0.4, 0.5) is 8.78 Å². The normalized spacial score (nSPS) is 13.5. The molecule has 0 bridgehead atoms. The summed E-state index contributed by atoms with van der Waals surface area (Å²) in [6, 6.07) is 4.75. The summed E-state index contributed by atoms with van der Waals surface area (Å²) in [5.74, 6) is -1.98. The van der Waals surface area contributed by atoms with Gasteiger partial charge in [-0.1, -0.05) is 17.7 Å².